The van der Waals surface area contributed by atoms with Crippen molar-refractivity contribution in [2.45, 2.75) is 44.4 Å². The minimum atomic E-state index is -0.641. The molecule has 1 saturated carbocycles. The molecule has 0 radical (unpaired) electrons. The van der Waals surface area contributed by atoms with Crippen LogP contribution in [0.1, 0.15) is 43.4 Å². The third-order valence-corrected chi connectivity index (χ3v) is 6.26. The minimum Gasteiger partial charge on any atom is -0.486 e. The summed E-state index contributed by atoms with van der Waals surface area (Å²) in [4.78, 5) is 16.6. The Hall–Kier alpha value is -3.14. The third-order valence-electron chi connectivity index (χ3n) is 5.66. The molecule has 0 aliphatic heterocycles. The number of amides is 1. The first-order chi connectivity index (χ1) is 16.1. The molecule has 5 N–H and O–H groups in total. The molecule has 2 aromatic heterocycles. The Bertz CT molecular complexity index is 1220. The number of nitrogens with two attached hydrogens (primary N) is 1. The number of rotatable bonds is 9. The molecule has 3 aromatic rings. The van der Waals surface area contributed by atoms with Crippen LogP contribution >= 0.6 is 23.2 Å². The Morgan fingerprint density at radius 3 is 2.71 bits per heavy atom. The van der Waals surface area contributed by atoms with E-state index in [-0.39, 0.29) is 17.0 Å². The van der Waals surface area contributed by atoms with E-state index in [0.717, 1.165) is 12.8 Å². The van der Waals surface area contributed by atoms with E-state index in [4.69, 9.17) is 39.1 Å². The molecule has 1 unspecified atom stereocenters. The van der Waals surface area contributed by atoms with Crippen LogP contribution in [0.2, 0.25) is 10.0 Å². The summed E-state index contributed by atoms with van der Waals surface area (Å²) in [6.07, 6.45) is 7.82. The van der Waals surface area contributed by atoms with Gasteiger partial charge in [-0.15, -0.1) is 0 Å². The highest BCUT2D eigenvalue weighted by atomic mass is 35.5. The standard InChI is InChI=1S/C23H24Cl2N6O3/c1-13(20-17(24)10-28-11-18(20)25)34-15-2-3-19(26)16(8-15)21(27)22(32)30-14-9-29-31(12-14)7-6-23(33)4-5-23/h2-3,8-13,27,33H,4-7,26H2,1H3,(H,30,32). The molecule has 0 bridgehead atoms. The predicted octanol–water partition coefficient (Wildman–Crippen LogP) is 4.23. The Morgan fingerprint density at radius 1 is 1.32 bits per heavy atom. The molecule has 1 aromatic carbocycles. The molecule has 1 amide bonds. The van der Waals surface area contributed by atoms with Crippen LogP contribution < -0.4 is 15.8 Å². The van der Waals surface area contributed by atoms with Gasteiger partial charge in [0.2, 0.25) is 0 Å². The van der Waals surface area contributed by atoms with Crippen molar-refractivity contribution in [3.63, 3.8) is 0 Å². The summed E-state index contributed by atoms with van der Waals surface area (Å²) in [5.41, 5.74) is 6.64. The number of halogens is 2. The number of anilines is 2. The Balaban J connectivity index is 1.43. The highest BCUT2D eigenvalue weighted by Crippen LogP contribution is 2.38. The van der Waals surface area contributed by atoms with Gasteiger partial charge in [0.1, 0.15) is 17.6 Å². The number of ether oxygens (including phenoxy) is 1. The molecule has 0 saturated heterocycles. The van der Waals surface area contributed by atoms with Crippen LogP contribution in [0.4, 0.5) is 11.4 Å². The second-order valence-corrected chi connectivity index (χ2v) is 9.14. The van der Waals surface area contributed by atoms with Gasteiger partial charge < -0.3 is 20.9 Å². The van der Waals surface area contributed by atoms with Gasteiger partial charge in [0.15, 0.2) is 0 Å². The van der Waals surface area contributed by atoms with Gasteiger partial charge in [0.05, 0.1) is 27.5 Å². The molecule has 2 heterocycles. The summed E-state index contributed by atoms with van der Waals surface area (Å²) in [6.45, 7) is 2.32. The molecule has 1 aliphatic rings. The lowest BCUT2D eigenvalue weighted by molar-refractivity contribution is -0.110. The average molecular weight is 503 g/mol. The first kappa shape index (κ1) is 24.0. The second kappa shape index (κ2) is 9.61. The van der Waals surface area contributed by atoms with E-state index in [1.54, 1.807) is 29.9 Å². The fourth-order valence-electron chi connectivity index (χ4n) is 3.48. The number of carbonyl (C=O) groups is 1. The number of aliphatic hydroxyl groups is 1. The van der Waals surface area contributed by atoms with Crippen molar-refractivity contribution in [1.29, 1.82) is 5.41 Å². The van der Waals surface area contributed by atoms with Crippen molar-refractivity contribution >= 4 is 46.2 Å². The first-order valence-electron chi connectivity index (χ1n) is 10.7. The molecule has 4 rings (SSSR count). The van der Waals surface area contributed by atoms with Crippen LogP contribution in [0.3, 0.4) is 0 Å². The van der Waals surface area contributed by atoms with E-state index in [2.05, 4.69) is 15.4 Å². The number of aryl methyl sites for hydroxylation is 1. The summed E-state index contributed by atoms with van der Waals surface area (Å²) < 4.78 is 7.60. The third kappa shape index (κ3) is 5.49. The largest absolute Gasteiger partial charge is 0.486 e. The van der Waals surface area contributed by atoms with Crippen molar-refractivity contribution < 1.29 is 14.6 Å². The van der Waals surface area contributed by atoms with Gasteiger partial charge in [-0.1, -0.05) is 23.2 Å². The summed E-state index contributed by atoms with van der Waals surface area (Å²) in [5, 5.41) is 25.9. The normalized spacial score (nSPS) is 14.9. The Kier molecular flexibility index (Phi) is 6.79. The highest BCUT2D eigenvalue weighted by Gasteiger charge is 2.39. The SMILES string of the molecule is CC(Oc1ccc(N)c(C(=N)C(=O)Nc2cnn(CCC3(O)CC3)c2)c1)c1c(Cl)cncc1Cl. The fourth-order valence-corrected chi connectivity index (χ4v) is 4.15. The van der Waals surface area contributed by atoms with Crippen molar-refractivity contribution in [2.75, 3.05) is 11.1 Å². The molecule has 34 heavy (non-hydrogen) atoms. The smallest absolute Gasteiger partial charge is 0.274 e. The summed E-state index contributed by atoms with van der Waals surface area (Å²) in [5.74, 6) is -0.249. The average Bonchev–Trinajstić information content (AvgIpc) is 3.36. The van der Waals surface area contributed by atoms with Crippen molar-refractivity contribution in [2.24, 2.45) is 0 Å². The number of nitrogens with one attached hydrogen (secondary N) is 2. The molecular weight excluding hydrogens is 479 g/mol. The molecule has 1 atom stereocenters. The molecule has 178 valence electrons. The van der Waals surface area contributed by atoms with Crippen LogP contribution in [0.25, 0.3) is 0 Å². The Morgan fingerprint density at radius 2 is 2.03 bits per heavy atom. The number of hydrogen-bond acceptors (Lipinski definition) is 7. The van der Waals surface area contributed by atoms with E-state index in [0.29, 0.717) is 40.0 Å². The number of benzene rings is 1. The molecule has 0 spiro atoms. The van der Waals surface area contributed by atoms with Gasteiger partial charge in [-0.3, -0.25) is 19.9 Å². The zero-order chi connectivity index (χ0) is 24.5. The molecule has 1 aliphatic carbocycles. The van der Waals surface area contributed by atoms with E-state index in [1.165, 1.54) is 24.7 Å². The van der Waals surface area contributed by atoms with Crippen molar-refractivity contribution in [1.82, 2.24) is 14.8 Å². The van der Waals surface area contributed by atoms with Gasteiger partial charge in [-0.2, -0.15) is 5.10 Å². The lowest BCUT2D eigenvalue weighted by Crippen LogP contribution is -2.23. The lowest BCUT2D eigenvalue weighted by Gasteiger charge is -2.18. The number of nitrogen functional groups attached to an aromatic ring is 1. The zero-order valence-corrected chi connectivity index (χ0v) is 19.9. The first-order valence-corrected chi connectivity index (χ1v) is 11.4. The monoisotopic (exact) mass is 502 g/mol. The maximum absolute atomic E-state index is 12.7. The number of aromatic nitrogens is 3. The Labute approximate surface area is 206 Å². The van der Waals surface area contributed by atoms with Gasteiger partial charge in [0, 0.05) is 41.9 Å². The lowest BCUT2D eigenvalue weighted by atomic mass is 10.1. The summed E-state index contributed by atoms with van der Waals surface area (Å²) >= 11 is 12.4. The van der Waals surface area contributed by atoms with Crippen LogP contribution in [0, 0.1) is 5.41 Å². The van der Waals surface area contributed by atoms with Crippen LogP contribution in [-0.4, -0.2) is 37.1 Å². The van der Waals surface area contributed by atoms with E-state index >= 15 is 0 Å². The number of nitrogens with zero attached hydrogens (tertiary/aromatic N) is 3. The molecule has 1 fully saturated rings. The van der Waals surface area contributed by atoms with Gasteiger partial charge in [-0.25, -0.2) is 0 Å². The zero-order valence-electron chi connectivity index (χ0n) is 18.4. The van der Waals surface area contributed by atoms with Gasteiger partial charge in [0.25, 0.3) is 5.91 Å². The van der Waals surface area contributed by atoms with Crippen LogP contribution in [-0.2, 0) is 11.3 Å². The summed E-state index contributed by atoms with van der Waals surface area (Å²) in [7, 11) is 0. The summed E-state index contributed by atoms with van der Waals surface area (Å²) in [6, 6.07) is 4.73. The van der Waals surface area contributed by atoms with Crippen molar-refractivity contribution in [3.05, 3.63) is 64.2 Å². The van der Waals surface area contributed by atoms with Crippen LogP contribution in [0.5, 0.6) is 5.75 Å². The maximum atomic E-state index is 12.7. The highest BCUT2D eigenvalue weighted by molar-refractivity contribution is 6.48. The number of pyridine rings is 1. The van der Waals surface area contributed by atoms with Gasteiger partial charge >= 0.3 is 0 Å². The predicted molar refractivity (Wildman–Crippen MR) is 131 cm³/mol. The number of carbonyl (C=O) groups excluding carboxylic acids is 1. The quantitative estimate of drug-likeness (QED) is 0.255. The maximum Gasteiger partial charge on any atom is 0.274 e. The second-order valence-electron chi connectivity index (χ2n) is 8.32. The topological polar surface area (TPSA) is 139 Å². The van der Waals surface area contributed by atoms with E-state index in [1.807, 2.05) is 0 Å². The van der Waals surface area contributed by atoms with Gasteiger partial charge in [-0.05, 0) is 44.4 Å². The number of hydrogen-bond donors (Lipinski definition) is 4. The molecule has 11 heteroatoms. The molecule has 9 nitrogen and oxygen atoms in total. The van der Waals surface area contributed by atoms with Crippen molar-refractivity contribution in [3.8, 4) is 5.75 Å². The van der Waals surface area contributed by atoms with E-state index < -0.39 is 17.6 Å². The van der Waals surface area contributed by atoms with E-state index in [9.17, 15) is 9.90 Å². The molecular formula is C23H24Cl2N6O3. The fraction of sp³-hybridized carbons (Fsp3) is 0.304. The minimum absolute atomic E-state index is 0.220. The van der Waals surface area contributed by atoms with Crippen LogP contribution in [0.15, 0.2) is 43.0 Å².